The van der Waals surface area contributed by atoms with Crippen LogP contribution in [0.15, 0.2) is 30.3 Å². The molecular weight excluding hydrogens is 260 g/mol. The van der Waals surface area contributed by atoms with Gasteiger partial charge in [-0.3, -0.25) is 4.90 Å². The lowest BCUT2D eigenvalue weighted by Crippen LogP contribution is -2.58. The van der Waals surface area contributed by atoms with Gasteiger partial charge in [0.2, 0.25) is 0 Å². The Labute approximate surface area is 115 Å². The maximum atomic E-state index is 11.4. The van der Waals surface area contributed by atoms with Crippen molar-refractivity contribution in [2.75, 3.05) is 38.2 Å². The Morgan fingerprint density at radius 2 is 2.00 bits per heavy atom. The molecule has 5 heteroatoms. The number of rotatable bonds is 4. The first kappa shape index (κ1) is 14.5. The first-order chi connectivity index (χ1) is 8.92. The van der Waals surface area contributed by atoms with Gasteiger partial charge in [-0.05, 0) is 12.5 Å². The first-order valence-electron chi connectivity index (χ1n) is 6.61. The molecule has 0 amide bonds. The largest absolute Gasteiger partial charge is 0.313 e. The van der Waals surface area contributed by atoms with E-state index in [9.17, 15) is 8.42 Å². The molecule has 1 aromatic rings. The third-order valence-corrected chi connectivity index (χ3v) is 4.78. The summed E-state index contributed by atoms with van der Waals surface area (Å²) in [7, 11) is -2.92. The average Bonchev–Trinajstić information content (AvgIpc) is 2.38. The van der Waals surface area contributed by atoms with Crippen molar-refractivity contribution in [3.8, 4) is 0 Å². The van der Waals surface area contributed by atoms with Crippen LogP contribution in [0.25, 0.3) is 0 Å². The number of piperazine rings is 1. The first-order valence-corrected chi connectivity index (χ1v) is 8.67. The number of benzene rings is 1. The standard InChI is InChI=1S/C14H22N2O2S/c1-14(13-6-4-3-5-7-13)12-15-8-9-16(14)10-11-19(2,17)18/h3-7,15H,8-12H2,1-2H3. The van der Waals surface area contributed by atoms with Crippen molar-refractivity contribution in [3.05, 3.63) is 35.9 Å². The van der Waals surface area contributed by atoms with Crippen LogP contribution in [-0.4, -0.2) is 51.5 Å². The molecular formula is C14H22N2O2S. The minimum Gasteiger partial charge on any atom is -0.313 e. The molecule has 1 unspecified atom stereocenters. The van der Waals surface area contributed by atoms with Crippen LogP contribution >= 0.6 is 0 Å². The Bertz CT molecular complexity index is 516. The number of nitrogens with one attached hydrogen (secondary N) is 1. The third-order valence-electron chi connectivity index (χ3n) is 3.85. The van der Waals surface area contributed by atoms with Crippen molar-refractivity contribution in [2.24, 2.45) is 0 Å². The van der Waals surface area contributed by atoms with Crippen LogP contribution in [0.2, 0.25) is 0 Å². The molecule has 0 aliphatic carbocycles. The van der Waals surface area contributed by atoms with E-state index in [2.05, 4.69) is 29.3 Å². The Balaban J connectivity index is 2.20. The van der Waals surface area contributed by atoms with E-state index in [1.807, 2.05) is 18.2 Å². The molecule has 19 heavy (non-hydrogen) atoms. The second-order valence-corrected chi connectivity index (χ2v) is 7.69. The fourth-order valence-corrected chi connectivity index (χ4v) is 3.17. The molecule has 0 aromatic heterocycles. The smallest absolute Gasteiger partial charge is 0.148 e. The van der Waals surface area contributed by atoms with Crippen molar-refractivity contribution in [1.29, 1.82) is 0 Å². The lowest BCUT2D eigenvalue weighted by molar-refractivity contribution is 0.0800. The molecule has 2 rings (SSSR count). The minimum atomic E-state index is -2.92. The number of nitrogens with zero attached hydrogens (tertiary/aromatic N) is 1. The molecule has 0 radical (unpaired) electrons. The maximum Gasteiger partial charge on any atom is 0.148 e. The van der Waals surface area contributed by atoms with Gasteiger partial charge in [-0.1, -0.05) is 30.3 Å². The third kappa shape index (κ3) is 3.55. The molecule has 1 fully saturated rings. The van der Waals surface area contributed by atoms with Crippen molar-refractivity contribution in [2.45, 2.75) is 12.5 Å². The topological polar surface area (TPSA) is 49.4 Å². The molecule has 4 nitrogen and oxygen atoms in total. The molecule has 1 saturated heterocycles. The summed E-state index contributed by atoms with van der Waals surface area (Å²) in [6.07, 6.45) is 1.30. The zero-order chi connectivity index (χ0) is 13.9. The summed E-state index contributed by atoms with van der Waals surface area (Å²) >= 11 is 0. The zero-order valence-electron chi connectivity index (χ0n) is 11.6. The fraction of sp³-hybridized carbons (Fsp3) is 0.571. The monoisotopic (exact) mass is 282 g/mol. The van der Waals surface area contributed by atoms with E-state index in [-0.39, 0.29) is 11.3 Å². The predicted molar refractivity (Wildman–Crippen MR) is 77.9 cm³/mol. The van der Waals surface area contributed by atoms with Gasteiger partial charge in [-0.15, -0.1) is 0 Å². The van der Waals surface area contributed by atoms with E-state index in [4.69, 9.17) is 0 Å². The summed E-state index contributed by atoms with van der Waals surface area (Å²) < 4.78 is 22.8. The summed E-state index contributed by atoms with van der Waals surface area (Å²) in [6.45, 7) is 5.40. The lowest BCUT2D eigenvalue weighted by Gasteiger charge is -2.45. The summed E-state index contributed by atoms with van der Waals surface area (Å²) in [5, 5.41) is 3.41. The Kier molecular flexibility index (Phi) is 4.28. The van der Waals surface area contributed by atoms with E-state index < -0.39 is 9.84 Å². The molecule has 0 saturated carbocycles. The van der Waals surface area contributed by atoms with E-state index in [0.29, 0.717) is 6.54 Å². The van der Waals surface area contributed by atoms with Crippen molar-refractivity contribution >= 4 is 9.84 Å². The highest BCUT2D eigenvalue weighted by Crippen LogP contribution is 2.29. The van der Waals surface area contributed by atoms with Gasteiger partial charge >= 0.3 is 0 Å². The Morgan fingerprint density at radius 3 is 2.63 bits per heavy atom. The highest BCUT2D eigenvalue weighted by Gasteiger charge is 2.35. The van der Waals surface area contributed by atoms with Crippen LogP contribution in [-0.2, 0) is 15.4 Å². The van der Waals surface area contributed by atoms with Gasteiger partial charge in [0.05, 0.1) is 11.3 Å². The van der Waals surface area contributed by atoms with Gasteiger partial charge in [0.1, 0.15) is 9.84 Å². The predicted octanol–water partition coefficient (Wildman–Crippen LogP) is 0.852. The summed E-state index contributed by atoms with van der Waals surface area (Å²) in [5.41, 5.74) is 1.10. The second-order valence-electron chi connectivity index (χ2n) is 5.43. The minimum absolute atomic E-state index is 0.135. The van der Waals surface area contributed by atoms with Crippen LogP contribution in [0.5, 0.6) is 0 Å². The van der Waals surface area contributed by atoms with E-state index in [1.54, 1.807) is 0 Å². The normalized spacial score (nSPS) is 25.4. The van der Waals surface area contributed by atoms with Crippen molar-refractivity contribution in [1.82, 2.24) is 10.2 Å². The van der Waals surface area contributed by atoms with E-state index in [1.165, 1.54) is 11.8 Å². The molecule has 1 atom stereocenters. The lowest BCUT2D eigenvalue weighted by atomic mass is 9.88. The van der Waals surface area contributed by atoms with Crippen molar-refractivity contribution < 1.29 is 8.42 Å². The molecule has 1 aliphatic heterocycles. The second kappa shape index (κ2) is 5.61. The molecule has 106 valence electrons. The quantitative estimate of drug-likeness (QED) is 0.889. The molecule has 0 bridgehead atoms. The summed E-state index contributed by atoms with van der Waals surface area (Å²) in [6, 6.07) is 10.3. The van der Waals surface area contributed by atoms with Crippen LogP contribution in [0.4, 0.5) is 0 Å². The highest BCUT2D eigenvalue weighted by atomic mass is 32.2. The van der Waals surface area contributed by atoms with Crippen molar-refractivity contribution in [3.63, 3.8) is 0 Å². The molecule has 1 aromatic carbocycles. The SMILES string of the molecule is CC1(c2ccccc2)CNCCN1CCS(C)(=O)=O. The summed E-state index contributed by atoms with van der Waals surface area (Å²) in [5.74, 6) is 0.218. The highest BCUT2D eigenvalue weighted by molar-refractivity contribution is 7.90. The molecule has 1 aliphatic rings. The summed E-state index contributed by atoms with van der Waals surface area (Å²) in [4.78, 5) is 2.28. The van der Waals surface area contributed by atoms with Gasteiger partial charge in [0, 0.05) is 32.4 Å². The van der Waals surface area contributed by atoms with Gasteiger partial charge in [0.25, 0.3) is 0 Å². The van der Waals surface area contributed by atoms with E-state index >= 15 is 0 Å². The molecule has 1 N–H and O–H groups in total. The van der Waals surface area contributed by atoms with Gasteiger partial charge in [-0.2, -0.15) is 0 Å². The zero-order valence-corrected chi connectivity index (χ0v) is 12.4. The number of sulfone groups is 1. The average molecular weight is 282 g/mol. The van der Waals surface area contributed by atoms with Crippen LogP contribution in [0, 0.1) is 0 Å². The van der Waals surface area contributed by atoms with Crippen LogP contribution in [0.3, 0.4) is 0 Å². The van der Waals surface area contributed by atoms with Gasteiger partial charge in [0.15, 0.2) is 0 Å². The number of hydrogen-bond acceptors (Lipinski definition) is 4. The molecule has 1 heterocycles. The Morgan fingerprint density at radius 1 is 1.32 bits per heavy atom. The van der Waals surface area contributed by atoms with E-state index in [0.717, 1.165) is 19.6 Å². The molecule has 0 spiro atoms. The maximum absolute atomic E-state index is 11.4. The van der Waals surface area contributed by atoms with Gasteiger partial charge in [-0.25, -0.2) is 8.42 Å². The number of hydrogen-bond donors (Lipinski definition) is 1. The van der Waals surface area contributed by atoms with Crippen LogP contribution < -0.4 is 5.32 Å². The van der Waals surface area contributed by atoms with Gasteiger partial charge < -0.3 is 5.32 Å². The Hall–Kier alpha value is -0.910. The fourth-order valence-electron chi connectivity index (χ4n) is 2.62. The van der Waals surface area contributed by atoms with Crippen LogP contribution in [0.1, 0.15) is 12.5 Å².